The quantitative estimate of drug-likeness (QED) is 0.764. The SMILES string of the molecule is O=C(Cl)CCC12CC(c3ccccc31)c1ccccc12. The summed E-state index contributed by atoms with van der Waals surface area (Å²) in [6.45, 7) is 0. The van der Waals surface area contributed by atoms with Crippen LogP contribution in [0.1, 0.15) is 47.4 Å². The molecule has 0 amide bonds. The number of halogens is 1. The van der Waals surface area contributed by atoms with Crippen LogP contribution in [-0.4, -0.2) is 5.24 Å². The highest BCUT2D eigenvalue weighted by molar-refractivity contribution is 6.63. The summed E-state index contributed by atoms with van der Waals surface area (Å²) >= 11 is 5.60. The largest absolute Gasteiger partial charge is 0.281 e. The lowest BCUT2D eigenvalue weighted by molar-refractivity contribution is -0.111. The lowest BCUT2D eigenvalue weighted by Crippen LogP contribution is -2.24. The van der Waals surface area contributed by atoms with Crippen molar-refractivity contribution in [1.29, 1.82) is 0 Å². The van der Waals surface area contributed by atoms with Gasteiger partial charge in [-0.3, -0.25) is 4.79 Å². The predicted molar refractivity (Wildman–Crippen MR) is 80.2 cm³/mol. The normalized spacial score (nSPS) is 25.4. The van der Waals surface area contributed by atoms with E-state index in [9.17, 15) is 4.79 Å². The molecule has 4 rings (SSSR count). The molecule has 0 spiro atoms. The van der Waals surface area contributed by atoms with Gasteiger partial charge >= 0.3 is 0 Å². The Hall–Kier alpha value is -1.60. The molecule has 0 aromatic heterocycles. The van der Waals surface area contributed by atoms with Crippen LogP contribution in [0.25, 0.3) is 0 Å². The Kier molecular flexibility index (Phi) is 2.55. The molecular weight excluding hydrogens is 268 g/mol. The summed E-state index contributed by atoms with van der Waals surface area (Å²) in [7, 11) is 0. The Morgan fingerprint density at radius 2 is 1.60 bits per heavy atom. The molecule has 0 saturated carbocycles. The van der Waals surface area contributed by atoms with Gasteiger partial charge in [0.05, 0.1) is 0 Å². The van der Waals surface area contributed by atoms with Crippen molar-refractivity contribution in [3.05, 3.63) is 70.8 Å². The zero-order chi connectivity index (χ0) is 13.7. The van der Waals surface area contributed by atoms with Gasteiger partial charge in [-0.25, -0.2) is 0 Å². The molecule has 0 heterocycles. The molecule has 20 heavy (non-hydrogen) atoms. The lowest BCUT2D eigenvalue weighted by Gasteiger charge is -2.31. The summed E-state index contributed by atoms with van der Waals surface area (Å²) in [5.41, 5.74) is 5.69. The highest BCUT2D eigenvalue weighted by Gasteiger charge is 2.51. The number of benzene rings is 2. The fourth-order valence-electron chi connectivity index (χ4n) is 4.26. The molecule has 2 aromatic rings. The second-order valence-electron chi connectivity index (χ2n) is 5.87. The van der Waals surface area contributed by atoms with Gasteiger partial charge in [-0.2, -0.15) is 0 Å². The molecular formula is C18H15ClO. The first-order valence-corrected chi connectivity index (χ1v) is 7.47. The zero-order valence-corrected chi connectivity index (χ0v) is 11.9. The summed E-state index contributed by atoms with van der Waals surface area (Å²) in [5, 5.41) is -0.232. The molecule has 0 N–H and O–H groups in total. The van der Waals surface area contributed by atoms with Gasteiger partial charge in [-0.15, -0.1) is 0 Å². The molecule has 0 unspecified atom stereocenters. The minimum atomic E-state index is -0.232. The van der Waals surface area contributed by atoms with E-state index in [1.54, 1.807) is 0 Å². The average Bonchev–Trinajstić information content (AvgIpc) is 2.98. The molecule has 100 valence electrons. The number of carbonyl (C=O) groups excluding carboxylic acids is 1. The molecule has 0 aliphatic heterocycles. The molecule has 2 heteroatoms. The molecule has 0 fully saturated rings. The molecule has 0 saturated heterocycles. The van der Waals surface area contributed by atoms with Crippen LogP contribution in [0.3, 0.4) is 0 Å². The summed E-state index contributed by atoms with van der Waals surface area (Å²) in [5.74, 6) is 0.493. The number of hydrogen-bond acceptors (Lipinski definition) is 1. The van der Waals surface area contributed by atoms with Crippen LogP contribution in [0.4, 0.5) is 0 Å². The van der Waals surface area contributed by atoms with Crippen molar-refractivity contribution in [3.8, 4) is 0 Å². The van der Waals surface area contributed by atoms with Gasteiger partial charge in [0, 0.05) is 17.8 Å². The Labute approximate surface area is 123 Å². The van der Waals surface area contributed by atoms with Gasteiger partial charge in [-0.1, -0.05) is 48.5 Å². The fraction of sp³-hybridized carbons (Fsp3) is 0.278. The standard InChI is InChI=1S/C18H15ClO/c19-17(20)9-10-18-11-14(12-5-1-3-7-15(12)18)13-6-2-4-8-16(13)18/h1-8,14H,9-11H2. The predicted octanol–water partition coefficient (Wildman–Crippen LogP) is 4.37. The molecule has 2 aliphatic rings. The van der Waals surface area contributed by atoms with E-state index in [-0.39, 0.29) is 10.7 Å². The van der Waals surface area contributed by atoms with Gasteiger partial charge in [0.25, 0.3) is 0 Å². The average molecular weight is 283 g/mol. The summed E-state index contributed by atoms with van der Waals surface area (Å²) in [6, 6.07) is 17.4. The first-order chi connectivity index (χ1) is 9.72. The van der Waals surface area contributed by atoms with E-state index in [1.165, 1.54) is 22.3 Å². The highest BCUT2D eigenvalue weighted by Crippen LogP contribution is 2.61. The number of carbonyl (C=O) groups is 1. The van der Waals surface area contributed by atoms with E-state index >= 15 is 0 Å². The van der Waals surface area contributed by atoms with Gasteiger partial charge < -0.3 is 0 Å². The third-order valence-corrected chi connectivity index (χ3v) is 5.19. The summed E-state index contributed by atoms with van der Waals surface area (Å²) < 4.78 is 0. The molecule has 0 radical (unpaired) electrons. The van der Waals surface area contributed by atoms with Gasteiger partial charge in [0.2, 0.25) is 5.24 Å². The van der Waals surface area contributed by atoms with Crippen molar-refractivity contribution in [2.45, 2.75) is 30.6 Å². The highest BCUT2D eigenvalue weighted by atomic mass is 35.5. The van der Waals surface area contributed by atoms with Crippen LogP contribution in [0, 0.1) is 0 Å². The second kappa shape index (κ2) is 4.20. The van der Waals surface area contributed by atoms with E-state index in [0.29, 0.717) is 12.3 Å². The topological polar surface area (TPSA) is 17.1 Å². The van der Waals surface area contributed by atoms with Crippen molar-refractivity contribution in [3.63, 3.8) is 0 Å². The Morgan fingerprint density at radius 3 is 2.15 bits per heavy atom. The van der Waals surface area contributed by atoms with E-state index in [4.69, 9.17) is 11.6 Å². The molecule has 0 atom stereocenters. The minimum Gasteiger partial charge on any atom is -0.281 e. The summed E-state index contributed by atoms with van der Waals surface area (Å²) in [4.78, 5) is 11.3. The fourth-order valence-corrected chi connectivity index (χ4v) is 4.35. The number of rotatable bonds is 3. The molecule has 2 bridgehead atoms. The van der Waals surface area contributed by atoms with Crippen molar-refractivity contribution < 1.29 is 4.79 Å². The summed E-state index contributed by atoms with van der Waals surface area (Å²) in [6.07, 6.45) is 2.35. The molecule has 2 aliphatic carbocycles. The van der Waals surface area contributed by atoms with Crippen molar-refractivity contribution in [2.75, 3.05) is 0 Å². The van der Waals surface area contributed by atoms with Crippen molar-refractivity contribution >= 4 is 16.8 Å². The van der Waals surface area contributed by atoms with Gasteiger partial charge in [-0.05, 0) is 46.7 Å². The Bertz CT molecular complexity index is 657. The maximum atomic E-state index is 11.3. The third kappa shape index (κ3) is 1.47. The van der Waals surface area contributed by atoms with E-state index in [0.717, 1.165) is 12.8 Å². The van der Waals surface area contributed by atoms with E-state index in [1.807, 2.05) is 0 Å². The van der Waals surface area contributed by atoms with Gasteiger partial charge in [0.15, 0.2) is 0 Å². The zero-order valence-electron chi connectivity index (χ0n) is 11.1. The minimum absolute atomic E-state index is 0.00238. The van der Waals surface area contributed by atoms with E-state index < -0.39 is 0 Å². The first-order valence-electron chi connectivity index (χ1n) is 7.09. The van der Waals surface area contributed by atoms with Crippen LogP contribution >= 0.6 is 11.6 Å². The van der Waals surface area contributed by atoms with Crippen LogP contribution in [0.2, 0.25) is 0 Å². The van der Waals surface area contributed by atoms with Crippen LogP contribution in [-0.2, 0) is 10.2 Å². The van der Waals surface area contributed by atoms with Crippen LogP contribution in [0.5, 0.6) is 0 Å². The van der Waals surface area contributed by atoms with Crippen molar-refractivity contribution in [2.24, 2.45) is 0 Å². The Morgan fingerprint density at radius 1 is 1.05 bits per heavy atom. The maximum absolute atomic E-state index is 11.3. The molecule has 1 nitrogen and oxygen atoms in total. The lowest BCUT2D eigenvalue weighted by atomic mass is 9.72. The van der Waals surface area contributed by atoms with Gasteiger partial charge in [0.1, 0.15) is 0 Å². The smallest absolute Gasteiger partial charge is 0.221 e. The number of hydrogen-bond donors (Lipinski definition) is 0. The van der Waals surface area contributed by atoms with Crippen LogP contribution in [0.15, 0.2) is 48.5 Å². The Balaban J connectivity index is 1.91. The monoisotopic (exact) mass is 282 g/mol. The number of fused-ring (bicyclic) bond motifs is 8. The second-order valence-corrected chi connectivity index (χ2v) is 6.29. The van der Waals surface area contributed by atoms with Crippen LogP contribution < -0.4 is 0 Å². The first kappa shape index (κ1) is 12.2. The molecule has 2 aromatic carbocycles. The van der Waals surface area contributed by atoms with E-state index in [2.05, 4.69) is 48.5 Å². The third-order valence-electron chi connectivity index (χ3n) is 5.00. The van der Waals surface area contributed by atoms with Crippen molar-refractivity contribution in [1.82, 2.24) is 0 Å². The maximum Gasteiger partial charge on any atom is 0.221 e.